The Morgan fingerprint density at radius 3 is 2.56 bits per heavy atom. The summed E-state index contributed by atoms with van der Waals surface area (Å²) in [6.45, 7) is 1.63. The van der Waals surface area contributed by atoms with Gasteiger partial charge in [-0.3, -0.25) is 4.79 Å². The molecule has 4 heteroatoms. The van der Waals surface area contributed by atoms with E-state index in [-0.39, 0.29) is 5.91 Å². The third-order valence-corrected chi connectivity index (χ3v) is 2.46. The number of hydrogen-bond acceptors (Lipinski definition) is 2. The summed E-state index contributed by atoms with van der Waals surface area (Å²) in [6, 6.07) is 7.33. The number of hydrogen-bond donors (Lipinski definition) is 2. The van der Waals surface area contributed by atoms with E-state index in [0.29, 0.717) is 18.0 Å². The van der Waals surface area contributed by atoms with E-state index in [0.717, 1.165) is 18.5 Å². The molecule has 0 aromatic heterocycles. The zero-order chi connectivity index (χ0) is 11.8. The van der Waals surface area contributed by atoms with Gasteiger partial charge in [-0.1, -0.05) is 23.7 Å². The van der Waals surface area contributed by atoms with Crippen LogP contribution in [0, 0.1) is 0 Å². The van der Waals surface area contributed by atoms with Crippen LogP contribution < -0.4 is 10.6 Å². The van der Waals surface area contributed by atoms with E-state index in [1.807, 2.05) is 19.2 Å². The summed E-state index contributed by atoms with van der Waals surface area (Å²) in [4.78, 5) is 11.5. The van der Waals surface area contributed by atoms with Crippen molar-refractivity contribution < 1.29 is 4.79 Å². The molecule has 3 nitrogen and oxygen atoms in total. The van der Waals surface area contributed by atoms with Crippen LogP contribution in [0.4, 0.5) is 0 Å². The average molecular weight is 241 g/mol. The zero-order valence-corrected chi connectivity index (χ0v) is 10.2. The molecule has 0 saturated heterocycles. The topological polar surface area (TPSA) is 41.1 Å². The molecule has 0 unspecified atom stereocenters. The maximum absolute atomic E-state index is 11.5. The second-order valence-electron chi connectivity index (χ2n) is 3.61. The molecular formula is C12H17ClN2O. The lowest BCUT2D eigenvalue weighted by molar-refractivity contribution is -0.120. The molecule has 1 aromatic rings. The van der Waals surface area contributed by atoms with E-state index in [2.05, 4.69) is 10.6 Å². The van der Waals surface area contributed by atoms with E-state index < -0.39 is 0 Å². The quantitative estimate of drug-likeness (QED) is 0.742. The summed E-state index contributed by atoms with van der Waals surface area (Å²) >= 11 is 5.76. The molecule has 16 heavy (non-hydrogen) atoms. The molecule has 1 amide bonds. The van der Waals surface area contributed by atoms with Gasteiger partial charge in [0.25, 0.3) is 0 Å². The Morgan fingerprint density at radius 2 is 1.94 bits per heavy atom. The Kier molecular flexibility index (Phi) is 5.90. The van der Waals surface area contributed by atoms with Crippen LogP contribution in [-0.2, 0) is 11.2 Å². The number of halogens is 1. The van der Waals surface area contributed by atoms with Crippen molar-refractivity contribution in [2.75, 3.05) is 20.1 Å². The SMILES string of the molecule is CNCCCNC(=O)Cc1ccc(Cl)cc1. The van der Waals surface area contributed by atoms with Gasteiger partial charge in [0.1, 0.15) is 0 Å². The van der Waals surface area contributed by atoms with Crippen LogP contribution in [0.1, 0.15) is 12.0 Å². The van der Waals surface area contributed by atoms with Gasteiger partial charge in [0.05, 0.1) is 6.42 Å². The largest absolute Gasteiger partial charge is 0.356 e. The number of benzene rings is 1. The monoisotopic (exact) mass is 240 g/mol. The van der Waals surface area contributed by atoms with Crippen LogP contribution in [0.5, 0.6) is 0 Å². The maximum atomic E-state index is 11.5. The minimum Gasteiger partial charge on any atom is -0.356 e. The van der Waals surface area contributed by atoms with E-state index in [1.165, 1.54) is 0 Å². The lowest BCUT2D eigenvalue weighted by Gasteiger charge is -2.05. The smallest absolute Gasteiger partial charge is 0.224 e. The van der Waals surface area contributed by atoms with Gasteiger partial charge >= 0.3 is 0 Å². The molecule has 0 radical (unpaired) electrons. The first-order chi connectivity index (χ1) is 7.72. The Bertz CT molecular complexity index is 324. The fourth-order valence-electron chi connectivity index (χ4n) is 1.34. The summed E-state index contributed by atoms with van der Waals surface area (Å²) < 4.78 is 0. The number of carbonyl (C=O) groups excluding carboxylic acids is 1. The summed E-state index contributed by atoms with van der Waals surface area (Å²) in [6.07, 6.45) is 1.36. The molecule has 0 atom stereocenters. The van der Waals surface area contributed by atoms with Crippen molar-refractivity contribution in [3.63, 3.8) is 0 Å². The predicted octanol–water partition coefficient (Wildman–Crippen LogP) is 1.61. The van der Waals surface area contributed by atoms with E-state index in [9.17, 15) is 4.79 Å². The van der Waals surface area contributed by atoms with Crippen LogP contribution in [0.2, 0.25) is 5.02 Å². The summed E-state index contributed by atoms with van der Waals surface area (Å²) in [5.41, 5.74) is 0.982. The first kappa shape index (κ1) is 13.0. The molecule has 1 rings (SSSR count). The van der Waals surface area contributed by atoms with Gasteiger partial charge in [0.15, 0.2) is 0 Å². The van der Waals surface area contributed by atoms with Gasteiger partial charge in [-0.25, -0.2) is 0 Å². The fraction of sp³-hybridized carbons (Fsp3) is 0.417. The number of rotatable bonds is 6. The van der Waals surface area contributed by atoms with Gasteiger partial charge in [0, 0.05) is 11.6 Å². The van der Waals surface area contributed by atoms with Gasteiger partial charge in [-0.05, 0) is 37.7 Å². The Labute approximate surface area is 101 Å². The highest BCUT2D eigenvalue weighted by atomic mass is 35.5. The lowest BCUT2D eigenvalue weighted by atomic mass is 10.1. The van der Waals surface area contributed by atoms with Gasteiger partial charge in [0.2, 0.25) is 5.91 Å². The standard InChI is InChI=1S/C12H17ClN2O/c1-14-7-2-8-15-12(16)9-10-3-5-11(13)6-4-10/h3-6,14H,2,7-9H2,1H3,(H,15,16). The molecule has 0 aliphatic carbocycles. The molecule has 0 aliphatic rings. The van der Waals surface area contributed by atoms with Crippen molar-refractivity contribution >= 4 is 17.5 Å². The summed E-state index contributed by atoms with van der Waals surface area (Å²) in [7, 11) is 1.90. The van der Waals surface area contributed by atoms with E-state index in [1.54, 1.807) is 12.1 Å². The van der Waals surface area contributed by atoms with E-state index >= 15 is 0 Å². The molecule has 0 aliphatic heterocycles. The van der Waals surface area contributed by atoms with Crippen LogP contribution in [0.25, 0.3) is 0 Å². The molecule has 1 aromatic carbocycles. The third-order valence-electron chi connectivity index (χ3n) is 2.20. The molecular weight excluding hydrogens is 224 g/mol. The van der Waals surface area contributed by atoms with Gasteiger partial charge in [-0.2, -0.15) is 0 Å². The Morgan fingerprint density at radius 1 is 1.25 bits per heavy atom. The van der Waals surface area contributed by atoms with Crippen molar-refractivity contribution in [3.05, 3.63) is 34.9 Å². The molecule has 0 heterocycles. The maximum Gasteiger partial charge on any atom is 0.224 e. The summed E-state index contributed by atoms with van der Waals surface area (Å²) in [5, 5.41) is 6.59. The molecule has 2 N–H and O–H groups in total. The van der Waals surface area contributed by atoms with Gasteiger partial charge in [-0.15, -0.1) is 0 Å². The number of amides is 1. The van der Waals surface area contributed by atoms with Crippen molar-refractivity contribution in [3.8, 4) is 0 Å². The Hall–Kier alpha value is -1.06. The van der Waals surface area contributed by atoms with Gasteiger partial charge < -0.3 is 10.6 Å². The fourth-order valence-corrected chi connectivity index (χ4v) is 1.47. The van der Waals surface area contributed by atoms with Crippen LogP contribution in [0.3, 0.4) is 0 Å². The lowest BCUT2D eigenvalue weighted by Crippen LogP contribution is -2.27. The third kappa shape index (κ3) is 5.14. The predicted molar refractivity (Wildman–Crippen MR) is 66.7 cm³/mol. The number of nitrogens with one attached hydrogen (secondary N) is 2. The molecule has 0 saturated carbocycles. The first-order valence-electron chi connectivity index (χ1n) is 5.38. The highest BCUT2D eigenvalue weighted by Crippen LogP contribution is 2.09. The van der Waals surface area contributed by atoms with E-state index in [4.69, 9.17) is 11.6 Å². The van der Waals surface area contributed by atoms with Crippen molar-refractivity contribution in [2.45, 2.75) is 12.8 Å². The van der Waals surface area contributed by atoms with Crippen LogP contribution in [-0.4, -0.2) is 26.0 Å². The second kappa shape index (κ2) is 7.25. The zero-order valence-electron chi connectivity index (χ0n) is 9.42. The van der Waals surface area contributed by atoms with Crippen molar-refractivity contribution in [2.24, 2.45) is 0 Å². The minimum absolute atomic E-state index is 0.0541. The second-order valence-corrected chi connectivity index (χ2v) is 4.05. The molecule has 0 spiro atoms. The number of carbonyl (C=O) groups is 1. The average Bonchev–Trinajstić information content (AvgIpc) is 2.28. The van der Waals surface area contributed by atoms with Crippen molar-refractivity contribution in [1.29, 1.82) is 0 Å². The minimum atomic E-state index is 0.0541. The highest BCUT2D eigenvalue weighted by molar-refractivity contribution is 6.30. The molecule has 0 bridgehead atoms. The normalized spacial score (nSPS) is 10.1. The summed E-state index contributed by atoms with van der Waals surface area (Å²) in [5.74, 6) is 0.0541. The molecule has 88 valence electrons. The molecule has 0 fully saturated rings. The van der Waals surface area contributed by atoms with Crippen LogP contribution in [0.15, 0.2) is 24.3 Å². The highest BCUT2D eigenvalue weighted by Gasteiger charge is 2.02. The Balaban J connectivity index is 2.26. The first-order valence-corrected chi connectivity index (χ1v) is 5.76. The van der Waals surface area contributed by atoms with Crippen LogP contribution >= 0.6 is 11.6 Å². The van der Waals surface area contributed by atoms with Crippen molar-refractivity contribution in [1.82, 2.24) is 10.6 Å².